The Morgan fingerprint density at radius 1 is 1.33 bits per heavy atom. The lowest BCUT2D eigenvalue weighted by atomic mass is 10.3. The van der Waals surface area contributed by atoms with Crippen molar-refractivity contribution in [1.82, 2.24) is 5.01 Å². The number of rotatable bonds is 2. The Morgan fingerprint density at radius 2 is 2.00 bits per heavy atom. The van der Waals surface area contributed by atoms with E-state index in [1.165, 1.54) is 12.1 Å². The van der Waals surface area contributed by atoms with E-state index < -0.39 is 4.92 Å². The van der Waals surface area contributed by atoms with Crippen molar-refractivity contribution in [3.63, 3.8) is 0 Å². The fourth-order valence-corrected chi connectivity index (χ4v) is 1.25. The minimum Gasteiger partial charge on any atom is -0.258 e. The summed E-state index contributed by atoms with van der Waals surface area (Å²) in [6.07, 6.45) is 0. The molecule has 0 saturated carbocycles. The number of anilines is 1. The van der Waals surface area contributed by atoms with Crippen molar-refractivity contribution in [2.45, 2.75) is 0 Å². The minimum atomic E-state index is -0.429. The third kappa shape index (κ3) is 1.85. The molecule has 0 spiro atoms. The summed E-state index contributed by atoms with van der Waals surface area (Å²) in [6, 6.07) is 6.19. The molecule has 0 aliphatic carbocycles. The van der Waals surface area contributed by atoms with E-state index in [0.29, 0.717) is 6.67 Å². The minimum absolute atomic E-state index is 0.0724. The summed E-state index contributed by atoms with van der Waals surface area (Å²) in [5, 5.41) is 21.4. The summed E-state index contributed by atoms with van der Waals surface area (Å²) < 4.78 is 0. The molecule has 1 aliphatic heterocycles. The molecule has 0 atom stereocenters. The quantitative estimate of drug-likeness (QED) is 0.545. The van der Waals surface area contributed by atoms with E-state index in [1.54, 1.807) is 29.2 Å². The molecule has 1 aromatic carbocycles. The summed E-state index contributed by atoms with van der Waals surface area (Å²) in [6.45, 7) is 0.553. The first-order valence-electron chi connectivity index (χ1n) is 4.31. The molecule has 0 fully saturated rings. The summed E-state index contributed by atoms with van der Waals surface area (Å²) in [4.78, 5) is 10.00. The molecule has 1 aliphatic rings. The van der Waals surface area contributed by atoms with Gasteiger partial charge in [0.05, 0.1) is 10.6 Å². The van der Waals surface area contributed by atoms with E-state index in [9.17, 15) is 10.1 Å². The molecular weight excluding hydrogens is 198 g/mol. The van der Waals surface area contributed by atoms with Crippen molar-refractivity contribution in [2.24, 2.45) is 10.4 Å². The molecular formula is C8H9N5O2. The zero-order chi connectivity index (χ0) is 10.8. The first-order valence-corrected chi connectivity index (χ1v) is 4.31. The van der Waals surface area contributed by atoms with Crippen molar-refractivity contribution in [1.29, 1.82) is 0 Å². The second-order valence-corrected chi connectivity index (χ2v) is 3.15. The van der Waals surface area contributed by atoms with E-state index in [1.807, 2.05) is 0 Å². The zero-order valence-electron chi connectivity index (χ0n) is 8.07. The van der Waals surface area contributed by atoms with Crippen LogP contribution in [0.2, 0.25) is 0 Å². The first-order chi connectivity index (χ1) is 7.16. The van der Waals surface area contributed by atoms with Gasteiger partial charge in [-0.05, 0) is 17.4 Å². The summed E-state index contributed by atoms with van der Waals surface area (Å²) >= 11 is 0. The Bertz CT molecular complexity index is 402. The number of hydrogen-bond acceptors (Lipinski definition) is 6. The molecule has 0 saturated heterocycles. The van der Waals surface area contributed by atoms with E-state index >= 15 is 0 Å². The number of benzene rings is 1. The number of non-ortho nitro benzene ring substituents is 1. The Kier molecular flexibility index (Phi) is 2.20. The van der Waals surface area contributed by atoms with Gasteiger partial charge in [0.25, 0.3) is 5.69 Å². The largest absolute Gasteiger partial charge is 0.269 e. The lowest BCUT2D eigenvalue weighted by Gasteiger charge is -2.12. The second-order valence-electron chi connectivity index (χ2n) is 3.15. The molecule has 2 rings (SSSR count). The Hall–Kier alpha value is -2.18. The molecule has 0 radical (unpaired) electrons. The van der Waals surface area contributed by atoms with Crippen LogP contribution >= 0.6 is 0 Å². The highest BCUT2D eigenvalue weighted by molar-refractivity contribution is 5.50. The summed E-state index contributed by atoms with van der Waals surface area (Å²) in [7, 11) is 1.80. The highest BCUT2D eigenvalue weighted by atomic mass is 16.6. The van der Waals surface area contributed by atoms with Crippen LogP contribution in [0.1, 0.15) is 0 Å². The maximum atomic E-state index is 10.4. The number of nitro benzene ring substituents is 1. The monoisotopic (exact) mass is 207 g/mol. The summed E-state index contributed by atoms with van der Waals surface area (Å²) in [5.74, 6) is 0. The average Bonchev–Trinajstić information content (AvgIpc) is 2.65. The first kappa shape index (κ1) is 9.38. The van der Waals surface area contributed by atoms with Crippen LogP contribution in [0.4, 0.5) is 11.4 Å². The van der Waals surface area contributed by atoms with Gasteiger partial charge in [0, 0.05) is 19.2 Å². The van der Waals surface area contributed by atoms with Crippen LogP contribution in [0.5, 0.6) is 0 Å². The molecule has 0 aromatic heterocycles. The van der Waals surface area contributed by atoms with Gasteiger partial charge in [-0.15, -0.1) is 0 Å². The molecule has 7 nitrogen and oxygen atoms in total. The Labute approximate surface area is 85.7 Å². The van der Waals surface area contributed by atoms with E-state index in [0.717, 1.165) is 5.69 Å². The Morgan fingerprint density at radius 3 is 2.47 bits per heavy atom. The van der Waals surface area contributed by atoms with E-state index in [4.69, 9.17) is 0 Å². The topological polar surface area (TPSA) is 74.3 Å². The van der Waals surface area contributed by atoms with Gasteiger partial charge in [0.1, 0.15) is 6.67 Å². The molecule has 1 heterocycles. The average molecular weight is 207 g/mol. The van der Waals surface area contributed by atoms with Gasteiger partial charge in [0.15, 0.2) is 0 Å². The molecule has 0 unspecified atom stereocenters. The smallest absolute Gasteiger partial charge is 0.258 e. The fourth-order valence-electron chi connectivity index (χ4n) is 1.25. The van der Waals surface area contributed by atoms with Crippen molar-refractivity contribution < 1.29 is 4.92 Å². The lowest BCUT2D eigenvalue weighted by molar-refractivity contribution is -0.384. The molecule has 0 amide bonds. The number of nitro groups is 1. The van der Waals surface area contributed by atoms with Crippen LogP contribution < -0.4 is 5.01 Å². The van der Waals surface area contributed by atoms with Gasteiger partial charge in [-0.25, -0.2) is 5.01 Å². The van der Waals surface area contributed by atoms with Crippen molar-refractivity contribution in [3.05, 3.63) is 34.4 Å². The summed E-state index contributed by atoms with van der Waals surface area (Å²) in [5.41, 5.74) is 0.858. The molecule has 0 N–H and O–H groups in total. The maximum Gasteiger partial charge on any atom is 0.269 e. The van der Waals surface area contributed by atoms with Gasteiger partial charge in [-0.2, -0.15) is 0 Å². The van der Waals surface area contributed by atoms with E-state index in [2.05, 4.69) is 10.4 Å². The standard InChI is InChI=1S/C8H9N5O2/c1-11-6-12(10-9-11)7-2-4-8(5-3-7)13(14)15/h2-5H,6H2,1H3. The fraction of sp³-hybridized carbons (Fsp3) is 0.250. The van der Waals surface area contributed by atoms with Crippen LogP contribution in [0.25, 0.3) is 0 Å². The van der Waals surface area contributed by atoms with Crippen molar-refractivity contribution in [2.75, 3.05) is 18.7 Å². The van der Waals surface area contributed by atoms with Crippen LogP contribution in [0.3, 0.4) is 0 Å². The van der Waals surface area contributed by atoms with Gasteiger partial charge in [-0.3, -0.25) is 15.1 Å². The van der Waals surface area contributed by atoms with Crippen LogP contribution in [0.15, 0.2) is 34.7 Å². The molecule has 15 heavy (non-hydrogen) atoms. The third-order valence-corrected chi connectivity index (χ3v) is 2.00. The van der Waals surface area contributed by atoms with Gasteiger partial charge >= 0.3 is 0 Å². The normalized spacial score (nSPS) is 14.7. The highest BCUT2D eigenvalue weighted by Gasteiger charge is 2.14. The van der Waals surface area contributed by atoms with Crippen LogP contribution in [0, 0.1) is 10.1 Å². The van der Waals surface area contributed by atoms with Gasteiger partial charge < -0.3 is 0 Å². The Balaban J connectivity index is 2.17. The molecule has 78 valence electrons. The van der Waals surface area contributed by atoms with E-state index in [-0.39, 0.29) is 5.69 Å². The van der Waals surface area contributed by atoms with Crippen LogP contribution in [-0.4, -0.2) is 23.6 Å². The van der Waals surface area contributed by atoms with Crippen molar-refractivity contribution >= 4 is 11.4 Å². The number of nitrogens with zero attached hydrogens (tertiary/aromatic N) is 5. The van der Waals surface area contributed by atoms with Gasteiger partial charge in [0.2, 0.25) is 0 Å². The molecule has 0 bridgehead atoms. The highest BCUT2D eigenvalue weighted by Crippen LogP contribution is 2.21. The predicted molar refractivity (Wildman–Crippen MR) is 53.1 cm³/mol. The second kappa shape index (κ2) is 3.52. The predicted octanol–water partition coefficient (Wildman–Crippen LogP) is 1.59. The molecule has 1 aromatic rings. The number of hydrogen-bond donors (Lipinski definition) is 0. The lowest BCUT2D eigenvalue weighted by Crippen LogP contribution is -2.21. The van der Waals surface area contributed by atoms with Gasteiger partial charge in [-0.1, -0.05) is 5.22 Å². The van der Waals surface area contributed by atoms with Crippen LogP contribution in [-0.2, 0) is 0 Å². The van der Waals surface area contributed by atoms with Crippen molar-refractivity contribution in [3.8, 4) is 0 Å². The molecule has 7 heteroatoms. The third-order valence-electron chi connectivity index (χ3n) is 2.00. The maximum absolute atomic E-state index is 10.4. The zero-order valence-corrected chi connectivity index (χ0v) is 8.07. The SMILES string of the molecule is CN1CN(c2ccc([N+](=O)[O-])cc2)N=N1.